The number of nitrogens with one attached hydrogen (secondary N) is 5. The fourth-order valence-corrected chi connectivity index (χ4v) is 4.69. The average molecular weight is 695 g/mol. The van der Waals surface area contributed by atoms with Crippen LogP contribution < -0.4 is 40.8 Å². The number of amides is 3. The van der Waals surface area contributed by atoms with Crippen molar-refractivity contribution in [1.82, 2.24) is 31.5 Å². The molecule has 0 aliphatic rings. The lowest BCUT2D eigenvalue weighted by Gasteiger charge is -2.20. The van der Waals surface area contributed by atoms with Crippen molar-refractivity contribution < 1.29 is 38.1 Å². The summed E-state index contributed by atoms with van der Waals surface area (Å²) in [5.41, 5.74) is 0.0624. The summed E-state index contributed by atoms with van der Waals surface area (Å²) in [7, 11) is 6.77. The zero-order valence-corrected chi connectivity index (χ0v) is 30.5. The van der Waals surface area contributed by atoms with Crippen LogP contribution in [-0.2, 0) is 19.1 Å². The minimum atomic E-state index is -0.681. The summed E-state index contributed by atoms with van der Waals surface area (Å²) in [6.07, 6.45) is 9.73. The minimum Gasteiger partial charge on any atom is -0.480 e. The number of hydrogen-bond donors (Lipinski definition) is 5. The van der Waals surface area contributed by atoms with Crippen LogP contribution in [0.1, 0.15) is 81.5 Å². The van der Waals surface area contributed by atoms with E-state index in [0.29, 0.717) is 19.6 Å². The molecule has 3 amide bonds. The van der Waals surface area contributed by atoms with Crippen LogP contribution >= 0.6 is 0 Å². The van der Waals surface area contributed by atoms with E-state index in [4.69, 9.17) is 18.9 Å². The quantitative estimate of drug-likeness (QED) is 0.0592. The third-order valence-electron chi connectivity index (χ3n) is 7.55. The SMILES string of the molecule is CCCNCCCN(C)C(=O)COc1cc(C(=O)OC)cc(OCC(=O)NCCCCCCNC)c1OCC(=O)NCCCCCCNC. The Kier molecular flexibility index (Phi) is 25.0. The van der Waals surface area contributed by atoms with E-state index < -0.39 is 5.97 Å². The molecule has 1 aromatic carbocycles. The molecule has 14 heteroatoms. The highest BCUT2D eigenvalue weighted by Gasteiger charge is 2.22. The molecule has 0 atom stereocenters. The predicted molar refractivity (Wildman–Crippen MR) is 190 cm³/mol. The van der Waals surface area contributed by atoms with Crippen LogP contribution in [0.25, 0.3) is 0 Å². The van der Waals surface area contributed by atoms with E-state index in [9.17, 15) is 19.2 Å². The normalized spacial score (nSPS) is 10.7. The third-order valence-corrected chi connectivity index (χ3v) is 7.55. The molecular weight excluding hydrogens is 632 g/mol. The Morgan fingerprint density at radius 2 is 1.16 bits per heavy atom. The Labute approximate surface area is 293 Å². The first-order valence-corrected chi connectivity index (χ1v) is 17.7. The molecule has 1 aromatic rings. The molecule has 0 radical (unpaired) electrons. The molecule has 280 valence electrons. The van der Waals surface area contributed by atoms with Crippen LogP contribution in [0.2, 0.25) is 0 Å². The molecule has 0 saturated heterocycles. The van der Waals surface area contributed by atoms with Gasteiger partial charge in [-0.2, -0.15) is 0 Å². The third kappa shape index (κ3) is 20.5. The maximum atomic E-state index is 12.9. The number of carbonyl (C=O) groups is 4. The van der Waals surface area contributed by atoms with Crippen LogP contribution in [0, 0.1) is 0 Å². The summed E-state index contributed by atoms with van der Waals surface area (Å²) in [6.45, 7) is 6.15. The van der Waals surface area contributed by atoms with Gasteiger partial charge in [-0.3, -0.25) is 14.4 Å². The first kappa shape index (κ1) is 43.4. The Morgan fingerprint density at radius 3 is 1.67 bits per heavy atom. The van der Waals surface area contributed by atoms with E-state index >= 15 is 0 Å². The number of likely N-dealkylation sites (N-methyl/N-ethyl adjacent to an activating group) is 1. The lowest BCUT2D eigenvalue weighted by atomic mass is 10.2. The summed E-state index contributed by atoms with van der Waals surface area (Å²) >= 11 is 0. The van der Waals surface area contributed by atoms with Gasteiger partial charge >= 0.3 is 5.97 Å². The van der Waals surface area contributed by atoms with Crippen molar-refractivity contribution in [3.63, 3.8) is 0 Å². The maximum Gasteiger partial charge on any atom is 0.338 e. The highest BCUT2D eigenvalue weighted by atomic mass is 16.5. The van der Waals surface area contributed by atoms with Gasteiger partial charge in [-0.15, -0.1) is 0 Å². The van der Waals surface area contributed by atoms with Crippen molar-refractivity contribution in [1.29, 1.82) is 0 Å². The molecule has 0 heterocycles. The number of hydrogen-bond acceptors (Lipinski definition) is 11. The Morgan fingerprint density at radius 1 is 0.653 bits per heavy atom. The lowest BCUT2D eigenvalue weighted by molar-refractivity contribution is -0.132. The molecule has 0 bridgehead atoms. The van der Waals surface area contributed by atoms with Gasteiger partial charge in [0.25, 0.3) is 17.7 Å². The van der Waals surface area contributed by atoms with Gasteiger partial charge in [-0.05, 0) is 90.9 Å². The molecule has 0 aliphatic carbocycles. The van der Waals surface area contributed by atoms with Gasteiger partial charge in [-0.25, -0.2) is 4.79 Å². The summed E-state index contributed by atoms with van der Waals surface area (Å²) in [5, 5.41) is 15.2. The second kappa shape index (κ2) is 28.2. The topological polar surface area (TPSA) is 169 Å². The van der Waals surface area contributed by atoms with Crippen molar-refractivity contribution >= 4 is 23.7 Å². The van der Waals surface area contributed by atoms with Crippen molar-refractivity contribution in [2.45, 2.75) is 71.1 Å². The number of rotatable bonds is 30. The van der Waals surface area contributed by atoms with E-state index in [2.05, 4.69) is 33.5 Å². The average Bonchev–Trinajstić information content (AvgIpc) is 3.10. The molecule has 0 spiro atoms. The van der Waals surface area contributed by atoms with Crippen LogP contribution in [-0.4, -0.2) is 122 Å². The molecule has 49 heavy (non-hydrogen) atoms. The summed E-state index contributed by atoms with van der Waals surface area (Å²) in [6, 6.07) is 2.73. The summed E-state index contributed by atoms with van der Waals surface area (Å²) in [5.74, 6) is -1.69. The van der Waals surface area contributed by atoms with E-state index in [1.54, 1.807) is 11.9 Å². The van der Waals surface area contributed by atoms with Gasteiger partial charge in [0.2, 0.25) is 5.75 Å². The molecule has 0 aromatic heterocycles. The zero-order valence-electron chi connectivity index (χ0n) is 30.5. The molecule has 0 aliphatic heterocycles. The van der Waals surface area contributed by atoms with Crippen molar-refractivity contribution in [2.75, 3.05) is 93.9 Å². The number of unbranched alkanes of at least 4 members (excludes halogenated alkanes) is 6. The predicted octanol–water partition coefficient (Wildman–Crippen LogP) is 2.25. The summed E-state index contributed by atoms with van der Waals surface area (Å²) < 4.78 is 22.5. The number of esters is 1. The molecule has 1 rings (SSSR count). The van der Waals surface area contributed by atoms with Crippen molar-refractivity contribution in [3.05, 3.63) is 17.7 Å². The first-order valence-electron chi connectivity index (χ1n) is 17.7. The Balaban J connectivity index is 3.02. The second-order valence-corrected chi connectivity index (χ2v) is 11.8. The highest BCUT2D eigenvalue weighted by molar-refractivity contribution is 5.91. The molecule has 0 saturated carbocycles. The lowest BCUT2D eigenvalue weighted by Crippen LogP contribution is -2.34. The number of methoxy groups -OCH3 is 1. The minimum absolute atomic E-state index is 0.000233. The fourth-order valence-electron chi connectivity index (χ4n) is 4.69. The first-order chi connectivity index (χ1) is 23.8. The monoisotopic (exact) mass is 694 g/mol. The van der Waals surface area contributed by atoms with Gasteiger partial charge in [0.15, 0.2) is 31.3 Å². The van der Waals surface area contributed by atoms with Crippen molar-refractivity contribution in [3.8, 4) is 17.2 Å². The number of benzene rings is 1. The zero-order chi connectivity index (χ0) is 36.1. The van der Waals surface area contributed by atoms with Crippen LogP contribution in [0.15, 0.2) is 12.1 Å². The summed E-state index contributed by atoms with van der Waals surface area (Å²) in [4.78, 5) is 52.3. The largest absolute Gasteiger partial charge is 0.480 e. The van der Waals surface area contributed by atoms with Crippen LogP contribution in [0.4, 0.5) is 0 Å². The highest BCUT2D eigenvalue weighted by Crippen LogP contribution is 2.39. The smallest absolute Gasteiger partial charge is 0.338 e. The van der Waals surface area contributed by atoms with E-state index in [1.165, 1.54) is 19.2 Å². The molecule has 0 fully saturated rings. The standard InChI is InChI=1S/C35H62N6O8/c1-6-16-38-19-15-22-41(4)33(44)27-48-30-24-28(35(45)46-5)23-29(47-25-31(42)39-20-13-9-7-11-17-36-2)34(30)49-26-32(43)40-21-14-10-8-12-18-37-3/h23-24,36-38H,6-22,25-27H2,1-5H3,(H,39,42)(H,40,43). The van der Waals surface area contributed by atoms with Crippen LogP contribution in [0.5, 0.6) is 17.2 Å². The molecule has 0 unspecified atom stereocenters. The fraction of sp³-hybridized carbons (Fsp3) is 0.714. The number of nitrogens with zero attached hydrogens (tertiary/aromatic N) is 1. The number of carbonyl (C=O) groups excluding carboxylic acids is 4. The van der Waals surface area contributed by atoms with Gasteiger partial charge in [0, 0.05) is 26.7 Å². The van der Waals surface area contributed by atoms with Gasteiger partial charge in [0.05, 0.1) is 12.7 Å². The molecule has 5 N–H and O–H groups in total. The van der Waals surface area contributed by atoms with E-state index in [1.807, 2.05) is 14.1 Å². The van der Waals surface area contributed by atoms with Crippen molar-refractivity contribution in [2.24, 2.45) is 0 Å². The van der Waals surface area contributed by atoms with Gasteiger partial charge < -0.3 is 50.4 Å². The van der Waals surface area contributed by atoms with Gasteiger partial charge in [-0.1, -0.05) is 32.6 Å². The van der Waals surface area contributed by atoms with E-state index in [-0.39, 0.29) is 60.4 Å². The van der Waals surface area contributed by atoms with Crippen LogP contribution in [0.3, 0.4) is 0 Å². The Bertz CT molecular complexity index is 1090. The number of ether oxygens (including phenoxy) is 4. The molecule has 14 nitrogen and oxygen atoms in total. The van der Waals surface area contributed by atoms with Gasteiger partial charge in [0.1, 0.15) is 0 Å². The second-order valence-electron chi connectivity index (χ2n) is 11.8. The Hall–Kier alpha value is -3.62. The molecular formula is C35H62N6O8. The maximum absolute atomic E-state index is 12.9. The van der Waals surface area contributed by atoms with E-state index in [0.717, 1.165) is 90.4 Å².